The van der Waals surface area contributed by atoms with Crippen molar-refractivity contribution in [1.82, 2.24) is 20.0 Å². The van der Waals surface area contributed by atoms with Crippen LogP contribution in [0.2, 0.25) is 5.02 Å². The van der Waals surface area contributed by atoms with Crippen molar-refractivity contribution < 1.29 is 18.0 Å². The van der Waals surface area contributed by atoms with Crippen molar-refractivity contribution in [1.29, 1.82) is 0 Å². The Morgan fingerprint density at radius 1 is 1.12 bits per heavy atom. The van der Waals surface area contributed by atoms with Crippen LogP contribution in [0.5, 0.6) is 0 Å². The first-order chi connectivity index (χ1) is 15.6. The molecule has 4 aromatic rings. The first kappa shape index (κ1) is 22.6. The van der Waals surface area contributed by atoms with E-state index in [1.165, 1.54) is 6.07 Å². The van der Waals surface area contributed by atoms with Gasteiger partial charge < -0.3 is 5.32 Å². The molecule has 0 unspecified atom stereocenters. The van der Waals surface area contributed by atoms with Crippen molar-refractivity contribution in [3.05, 3.63) is 87.8 Å². The lowest BCUT2D eigenvalue weighted by Gasteiger charge is -2.10. The summed E-state index contributed by atoms with van der Waals surface area (Å²) in [6.45, 7) is 3.60. The zero-order valence-corrected chi connectivity index (χ0v) is 18.4. The number of benzene rings is 2. The number of aromatic amines is 1. The lowest BCUT2D eigenvalue weighted by atomic mass is 10.1. The number of anilines is 1. The number of carbonyl (C=O) groups is 1. The van der Waals surface area contributed by atoms with E-state index in [4.69, 9.17) is 11.6 Å². The molecule has 0 radical (unpaired) electrons. The minimum Gasteiger partial charge on any atom is -0.318 e. The van der Waals surface area contributed by atoms with Gasteiger partial charge in [0.15, 0.2) is 0 Å². The van der Waals surface area contributed by atoms with Crippen molar-refractivity contribution in [3.8, 4) is 11.3 Å². The summed E-state index contributed by atoms with van der Waals surface area (Å²) in [6, 6.07) is 13.8. The number of H-pyrrole nitrogens is 1. The first-order valence-corrected chi connectivity index (χ1v) is 10.3. The van der Waals surface area contributed by atoms with Crippen molar-refractivity contribution in [2.75, 3.05) is 5.32 Å². The second kappa shape index (κ2) is 8.74. The summed E-state index contributed by atoms with van der Waals surface area (Å²) in [5.41, 5.74) is 3.04. The number of aryl methyl sites for hydroxylation is 1. The molecular weight excluding hydrogens is 455 g/mol. The average Bonchev–Trinajstić information content (AvgIpc) is 3.35. The van der Waals surface area contributed by atoms with Crippen molar-refractivity contribution >= 4 is 23.2 Å². The summed E-state index contributed by atoms with van der Waals surface area (Å²) < 4.78 is 40.6. The highest BCUT2D eigenvalue weighted by Gasteiger charge is 2.30. The quantitative estimate of drug-likeness (QED) is 0.381. The monoisotopic (exact) mass is 473 g/mol. The van der Waals surface area contributed by atoms with E-state index >= 15 is 0 Å². The highest BCUT2D eigenvalue weighted by Crippen LogP contribution is 2.30. The third kappa shape index (κ3) is 4.93. The number of nitrogens with zero attached hydrogens (tertiary/aromatic N) is 3. The molecule has 33 heavy (non-hydrogen) atoms. The van der Waals surface area contributed by atoms with Crippen LogP contribution in [0.1, 0.15) is 33.0 Å². The second-order valence-electron chi connectivity index (χ2n) is 7.53. The van der Waals surface area contributed by atoms with Gasteiger partial charge in [-0.1, -0.05) is 35.9 Å². The SMILES string of the molecule is Cc1nn(Cc2cccc(C(F)(F)F)c2)c(C)c1NC(=O)c1cc(-c2ccc(Cl)cc2)n[nH]1. The van der Waals surface area contributed by atoms with Crippen molar-refractivity contribution in [2.24, 2.45) is 0 Å². The van der Waals surface area contributed by atoms with Gasteiger partial charge in [0.05, 0.1) is 34.9 Å². The number of amides is 1. The largest absolute Gasteiger partial charge is 0.416 e. The zero-order valence-electron chi connectivity index (χ0n) is 17.7. The topological polar surface area (TPSA) is 75.6 Å². The van der Waals surface area contributed by atoms with Crippen molar-refractivity contribution in [3.63, 3.8) is 0 Å². The standard InChI is InChI=1S/C23H19ClF3N5O/c1-13-21(14(2)32(31-13)12-15-4-3-5-17(10-15)23(25,26)27)28-22(33)20-11-19(29-30-20)16-6-8-18(24)9-7-16/h3-11H,12H2,1-2H3,(H,28,33)(H,29,30). The number of hydrogen-bond acceptors (Lipinski definition) is 3. The van der Waals surface area contributed by atoms with Gasteiger partial charge >= 0.3 is 6.18 Å². The maximum absolute atomic E-state index is 13.0. The Morgan fingerprint density at radius 3 is 2.55 bits per heavy atom. The van der Waals surface area contributed by atoms with Gasteiger partial charge in [-0.2, -0.15) is 23.4 Å². The molecule has 6 nitrogen and oxygen atoms in total. The predicted octanol–water partition coefficient (Wildman–Crippen LogP) is 5.86. The van der Waals surface area contributed by atoms with Gasteiger partial charge in [0.1, 0.15) is 5.69 Å². The van der Waals surface area contributed by atoms with Gasteiger partial charge in [0.2, 0.25) is 0 Å². The number of carbonyl (C=O) groups excluding carboxylic acids is 1. The smallest absolute Gasteiger partial charge is 0.318 e. The second-order valence-corrected chi connectivity index (χ2v) is 7.97. The Morgan fingerprint density at radius 2 is 1.85 bits per heavy atom. The Balaban J connectivity index is 1.52. The fourth-order valence-electron chi connectivity index (χ4n) is 3.44. The fraction of sp³-hybridized carbons (Fsp3) is 0.174. The average molecular weight is 474 g/mol. The van der Waals surface area contributed by atoms with Crippen molar-refractivity contribution in [2.45, 2.75) is 26.6 Å². The molecule has 2 N–H and O–H groups in total. The molecule has 0 atom stereocenters. The molecule has 0 fully saturated rings. The Bertz CT molecular complexity index is 1310. The van der Waals surface area contributed by atoms with Crippen LogP contribution in [0.15, 0.2) is 54.6 Å². The van der Waals surface area contributed by atoms with Gasteiger partial charge in [-0.05, 0) is 49.7 Å². The predicted molar refractivity (Wildman–Crippen MR) is 119 cm³/mol. The summed E-state index contributed by atoms with van der Waals surface area (Å²) in [5.74, 6) is -0.410. The van der Waals surface area contributed by atoms with Crippen LogP contribution >= 0.6 is 11.6 Å². The van der Waals surface area contributed by atoms with Crippen LogP contribution in [0.25, 0.3) is 11.3 Å². The maximum Gasteiger partial charge on any atom is 0.416 e. The molecule has 2 aromatic carbocycles. The molecule has 4 rings (SSSR count). The highest BCUT2D eigenvalue weighted by molar-refractivity contribution is 6.30. The number of rotatable bonds is 5. The maximum atomic E-state index is 13.0. The number of halogens is 4. The van der Waals surface area contributed by atoms with E-state index in [-0.39, 0.29) is 12.2 Å². The summed E-state index contributed by atoms with van der Waals surface area (Å²) in [7, 11) is 0. The molecule has 0 aliphatic carbocycles. The van der Waals surface area contributed by atoms with Gasteiger partial charge in [0, 0.05) is 10.6 Å². The minimum atomic E-state index is -4.42. The van der Waals surface area contributed by atoms with Crippen LogP contribution in [0.4, 0.5) is 18.9 Å². The van der Waals surface area contributed by atoms with E-state index in [2.05, 4.69) is 20.6 Å². The molecule has 2 heterocycles. The number of hydrogen-bond donors (Lipinski definition) is 2. The van der Waals surface area contributed by atoms with E-state index in [1.54, 1.807) is 54.9 Å². The first-order valence-electron chi connectivity index (χ1n) is 9.94. The molecule has 0 saturated heterocycles. The normalized spacial score (nSPS) is 11.6. The van der Waals surface area contributed by atoms with Crippen LogP contribution < -0.4 is 5.32 Å². The van der Waals surface area contributed by atoms with Gasteiger partial charge in [-0.3, -0.25) is 14.6 Å². The number of aromatic nitrogens is 4. The lowest BCUT2D eigenvalue weighted by molar-refractivity contribution is -0.137. The zero-order chi connectivity index (χ0) is 23.8. The third-order valence-corrected chi connectivity index (χ3v) is 5.42. The molecule has 0 saturated carbocycles. The van der Waals surface area contributed by atoms with Crippen LogP contribution in [-0.2, 0) is 12.7 Å². The molecule has 0 aliphatic heterocycles. The van der Waals surface area contributed by atoms with Gasteiger partial charge in [-0.15, -0.1) is 0 Å². The summed E-state index contributed by atoms with van der Waals surface area (Å²) in [6.07, 6.45) is -4.42. The molecule has 0 aliphatic rings. The Hall–Kier alpha value is -3.59. The number of alkyl halides is 3. The van der Waals surface area contributed by atoms with E-state index in [0.29, 0.717) is 33.4 Å². The van der Waals surface area contributed by atoms with E-state index in [0.717, 1.165) is 17.7 Å². The molecule has 0 spiro atoms. The van der Waals surface area contributed by atoms with Crippen LogP contribution in [0.3, 0.4) is 0 Å². The van der Waals surface area contributed by atoms with E-state index in [1.807, 2.05) is 0 Å². The van der Waals surface area contributed by atoms with Crippen LogP contribution in [-0.4, -0.2) is 25.9 Å². The molecule has 10 heteroatoms. The van der Waals surface area contributed by atoms with E-state index in [9.17, 15) is 18.0 Å². The minimum absolute atomic E-state index is 0.136. The molecule has 2 aromatic heterocycles. The summed E-state index contributed by atoms with van der Waals surface area (Å²) in [5, 5.41) is 14.7. The summed E-state index contributed by atoms with van der Waals surface area (Å²) in [4.78, 5) is 12.8. The van der Waals surface area contributed by atoms with Gasteiger partial charge in [0.25, 0.3) is 5.91 Å². The van der Waals surface area contributed by atoms with Gasteiger partial charge in [-0.25, -0.2) is 0 Å². The highest BCUT2D eigenvalue weighted by atomic mass is 35.5. The molecular formula is C23H19ClF3N5O. The summed E-state index contributed by atoms with van der Waals surface area (Å²) >= 11 is 5.91. The van der Waals surface area contributed by atoms with E-state index < -0.39 is 17.6 Å². The third-order valence-electron chi connectivity index (χ3n) is 5.17. The molecule has 0 bridgehead atoms. The fourth-order valence-corrected chi connectivity index (χ4v) is 3.56. The molecule has 1 amide bonds. The lowest BCUT2D eigenvalue weighted by Crippen LogP contribution is -2.14. The Labute approximate surface area is 192 Å². The molecule has 170 valence electrons. The van der Waals surface area contributed by atoms with Crippen LogP contribution in [0, 0.1) is 13.8 Å². The number of nitrogens with one attached hydrogen (secondary N) is 2. The Kier molecular flexibility index (Phi) is 5.99.